The smallest absolute Gasteiger partial charge is 0.315 e. The van der Waals surface area contributed by atoms with Gasteiger partial charge in [-0.3, -0.25) is 14.4 Å². The van der Waals surface area contributed by atoms with E-state index in [0.29, 0.717) is 0 Å². The standard InChI is InChI=1S/C8H8O6/c9-4-1-8(2-5(10)13-4)3-6(11)14-7(8)12/h6,11H,1-3H2. The molecule has 0 amide bonds. The lowest BCUT2D eigenvalue weighted by atomic mass is 9.78. The number of aliphatic hydroxyl groups excluding tert-OH is 1. The van der Waals surface area contributed by atoms with Crippen molar-refractivity contribution in [2.45, 2.75) is 25.6 Å². The maximum atomic E-state index is 11.3. The molecule has 2 aliphatic rings. The van der Waals surface area contributed by atoms with Crippen LogP contribution >= 0.6 is 0 Å². The second kappa shape index (κ2) is 2.78. The minimum Gasteiger partial charge on any atom is -0.435 e. The molecule has 2 heterocycles. The van der Waals surface area contributed by atoms with Crippen molar-refractivity contribution < 1.29 is 29.0 Å². The summed E-state index contributed by atoms with van der Waals surface area (Å²) in [6, 6.07) is 0. The number of hydrogen-bond acceptors (Lipinski definition) is 6. The van der Waals surface area contributed by atoms with E-state index in [4.69, 9.17) is 5.11 Å². The zero-order valence-electron chi connectivity index (χ0n) is 7.19. The molecule has 2 aliphatic heterocycles. The quantitative estimate of drug-likeness (QED) is 0.402. The zero-order valence-corrected chi connectivity index (χ0v) is 7.19. The van der Waals surface area contributed by atoms with Gasteiger partial charge in [-0.15, -0.1) is 0 Å². The fourth-order valence-corrected chi connectivity index (χ4v) is 1.81. The van der Waals surface area contributed by atoms with Crippen LogP contribution in [0.1, 0.15) is 19.3 Å². The molecule has 2 rings (SSSR count). The summed E-state index contributed by atoms with van der Waals surface area (Å²) < 4.78 is 8.80. The van der Waals surface area contributed by atoms with Gasteiger partial charge in [-0.2, -0.15) is 0 Å². The van der Waals surface area contributed by atoms with Crippen LogP contribution in [0.5, 0.6) is 0 Å². The molecule has 2 saturated heterocycles. The molecule has 0 radical (unpaired) electrons. The van der Waals surface area contributed by atoms with Crippen LogP contribution in [0.2, 0.25) is 0 Å². The van der Waals surface area contributed by atoms with E-state index < -0.39 is 29.6 Å². The number of esters is 3. The number of cyclic esters (lactones) is 3. The Bertz CT molecular complexity index is 304. The van der Waals surface area contributed by atoms with Gasteiger partial charge < -0.3 is 14.6 Å². The van der Waals surface area contributed by atoms with E-state index in [0.717, 1.165) is 0 Å². The Kier molecular flexibility index (Phi) is 1.81. The molecule has 6 nitrogen and oxygen atoms in total. The lowest BCUT2D eigenvalue weighted by Crippen LogP contribution is -2.38. The molecule has 1 unspecified atom stereocenters. The van der Waals surface area contributed by atoms with Crippen molar-refractivity contribution in [1.29, 1.82) is 0 Å². The van der Waals surface area contributed by atoms with E-state index in [1.54, 1.807) is 0 Å². The fraction of sp³-hybridized carbons (Fsp3) is 0.625. The predicted octanol–water partition coefficient (Wildman–Crippen LogP) is -0.898. The monoisotopic (exact) mass is 200 g/mol. The number of carbonyl (C=O) groups excluding carboxylic acids is 3. The van der Waals surface area contributed by atoms with Gasteiger partial charge >= 0.3 is 17.9 Å². The van der Waals surface area contributed by atoms with Crippen molar-refractivity contribution in [3.8, 4) is 0 Å². The molecular weight excluding hydrogens is 192 g/mol. The highest BCUT2D eigenvalue weighted by Gasteiger charge is 2.54. The molecule has 0 aliphatic carbocycles. The molecule has 0 aromatic carbocycles. The van der Waals surface area contributed by atoms with Crippen LogP contribution < -0.4 is 0 Å². The highest BCUT2D eigenvalue weighted by molar-refractivity contribution is 5.96. The molecule has 0 saturated carbocycles. The van der Waals surface area contributed by atoms with Crippen LogP contribution in [0, 0.1) is 5.41 Å². The average Bonchev–Trinajstić information content (AvgIpc) is 2.23. The second-order valence-electron chi connectivity index (χ2n) is 3.54. The Morgan fingerprint density at radius 2 is 1.79 bits per heavy atom. The van der Waals surface area contributed by atoms with Crippen LogP contribution in [-0.2, 0) is 23.9 Å². The maximum Gasteiger partial charge on any atom is 0.315 e. The van der Waals surface area contributed by atoms with E-state index in [9.17, 15) is 14.4 Å². The van der Waals surface area contributed by atoms with Crippen molar-refractivity contribution >= 4 is 17.9 Å². The van der Waals surface area contributed by atoms with Crippen molar-refractivity contribution in [2.24, 2.45) is 5.41 Å². The number of aliphatic hydroxyl groups is 1. The summed E-state index contributed by atoms with van der Waals surface area (Å²) in [7, 11) is 0. The molecule has 14 heavy (non-hydrogen) atoms. The average molecular weight is 200 g/mol. The summed E-state index contributed by atoms with van der Waals surface area (Å²) in [5, 5.41) is 9.08. The second-order valence-corrected chi connectivity index (χ2v) is 3.54. The third-order valence-electron chi connectivity index (χ3n) is 2.43. The van der Waals surface area contributed by atoms with Gasteiger partial charge in [0.25, 0.3) is 0 Å². The summed E-state index contributed by atoms with van der Waals surface area (Å²) in [6.07, 6.45) is -1.64. The molecule has 0 aromatic rings. The normalized spacial score (nSPS) is 30.4. The molecule has 1 spiro atoms. The minimum absolute atomic E-state index is 0.0212. The Balaban J connectivity index is 2.26. The van der Waals surface area contributed by atoms with Crippen LogP contribution in [0.25, 0.3) is 0 Å². The first-order chi connectivity index (χ1) is 6.52. The van der Waals surface area contributed by atoms with Gasteiger partial charge in [0.1, 0.15) is 0 Å². The third-order valence-corrected chi connectivity index (χ3v) is 2.43. The van der Waals surface area contributed by atoms with Gasteiger partial charge in [0.15, 0.2) is 0 Å². The molecule has 2 fully saturated rings. The van der Waals surface area contributed by atoms with E-state index in [1.165, 1.54) is 0 Å². The number of rotatable bonds is 0. The highest BCUT2D eigenvalue weighted by Crippen LogP contribution is 2.42. The van der Waals surface area contributed by atoms with Gasteiger partial charge in [0, 0.05) is 6.42 Å². The zero-order chi connectivity index (χ0) is 10.3. The summed E-state index contributed by atoms with van der Waals surface area (Å²) in [5.41, 5.74) is -1.19. The van der Waals surface area contributed by atoms with Gasteiger partial charge in [-0.05, 0) is 0 Å². The van der Waals surface area contributed by atoms with E-state index in [1.807, 2.05) is 0 Å². The molecule has 0 bridgehead atoms. The van der Waals surface area contributed by atoms with E-state index in [2.05, 4.69) is 9.47 Å². The van der Waals surface area contributed by atoms with Crippen LogP contribution in [-0.4, -0.2) is 29.3 Å². The van der Waals surface area contributed by atoms with Gasteiger partial charge in [0.05, 0.1) is 18.3 Å². The number of ether oxygens (including phenoxy) is 2. The Labute approximate surface area is 78.8 Å². The Morgan fingerprint density at radius 1 is 1.21 bits per heavy atom. The molecular formula is C8H8O6. The van der Waals surface area contributed by atoms with Gasteiger partial charge in [0.2, 0.25) is 6.29 Å². The molecule has 1 atom stereocenters. The van der Waals surface area contributed by atoms with Crippen LogP contribution in [0.15, 0.2) is 0 Å². The maximum absolute atomic E-state index is 11.3. The van der Waals surface area contributed by atoms with E-state index in [-0.39, 0.29) is 19.3 Å². The third kappa shape index (κ3) is 1.27. The lowest BCUT2D eigenvalue weighted by Gasteiger charge is -2.25. The first-order valence-corrected chi connectivity index (χ1v) is 4.14. The highest BCUT2D eigenvalue weighted by atomic mass is 16.6. The van der Waals surface area contributed by atoms with Crippen molar-refractivity contribution in [3.05, 3.63) is 0 Å². The van der Waals surface area contributed by atoms with Gasteiger partial charge in [-0.1, -0.05) is 0 Å². The van der Waals surface area contributed by atoms with Crippen LogP contribution in [0.4, 0.5) is 0 Å². The largest absolute Gasteiger partial charge is 0.435 e. The lowest BCUT2D eigenvalue weighted by molar-refractivity contribution is -0.175. The minimum atomic E-state index is -1.22. The summed E-state index contributed by atoms with van der Waals surface area (Å²) >= 11 is 0. The molecule has 0 aromatic heterocycles. The van der Waals surface area contributed by atoms with E-state index >= 15 is 0 Å². The Morgan fingerprint density at radius 3 is 2.21 bits per heavy atom. The van der Waals surface area contributed by atoms with Crippen molar-refractivity contribution in [2.75, 3.05) is 0 Å². The van der Waals surface area contributed by atoms with Crippen LogP contribution in [0.3, 0.4) is 0 Å². The fourth-order valence-electron chi connectivity index (χ4n) is 1.81. The molecule has 6 heteroatoms. The summed E-state index contributed by atoms with van der Waals surface area (Å²) in [6.45, 7) is 0. The molecule has 1 N–H and O–H groups in total. The first-order valence-electron chi connectivity index (χ1n) is 4.14. The first kappa shape index (κ1) is 9.14. The summed E-state index contributed by atoms with van der Waals surface area (Å²) in [4.78, 5) is 33.2. The topological polar surface area (TPSA) is 89.9 Å². The summed E-state index contributed by atoms with van der Waals surface area (Å²) in [5.74, 6) is -2.19. The van der Waals surface area contributed by atoms with Crippen molar-refractivity contribution in [3.63, 3.8) is 0 Å². The predicted molar refractivity (Wildman–Crippen MR) is 39.5 cm³/mol. The molecule has 76 valence electrons. The SMILES string of the molecule is O=C1CC2(CC(=O)O1)CC(O)OC2=O. The Hall–Kier alpha value is -1.43. The van der Waals surface area contributed by atoms with Gasteiger partial charge in [-0.25, -0.2) is 0 Å². The number of carbonyl (C=O) groups is 3. The number of hydrogen-bond donors (Lipinski definition) is 1. The van der Waals surface area contributed by atoms with Crippen molar-refractivity contribution in [1.82, 2.24) is 0 Å².